The second-order valence-electron chi connectivity index (χ2n) is 3.35. The predicted octanol–water partition coefficient (Wildman–Crippen LogP) is 1.28. The Hall–Kier alpha value is -1.51. The summed E-state index contributed by atoms with van der Waals surface area (Å²) in [5.74, 6) is 0.916. The maximum atomic E-state index is 5.83. The molecule has 2 rings (SSSR count). The Morgan fingerprint density at radius 1 is 1.29 bits per heavy atom. The van der Waals surface area contributed by atoms with Crippen LogP contribution in [0.1, 0.15) is 11.4 Å². The van der Waals surface area contributed by atoms with Crippen molar-refractivity contribution in [2.24, 2.45) is 0 Å². The van der Waals surface area contributed by atoms with Crippen molar-refractivity contribution < 1.29 is 0 Å². The van der Waals surface area contributed by atoms with Crippen LogP contribution in [0.4, 0.5) is 0 Å². The molecule has 0 unspecified atom stereocenters. The van der Waals surface area contributed by atoms with Crippen molar-refractivity contribution in [2.45, 2.75) is 13.8 Å². The molecule has 68 valence electrons. The van der Waals surface area contributed by atoms with E-state index in [-0.39, 0.29) is 0 Å². The van der Waals surface area contributed by atoms with Crippen LogP contribution < -0.4 is 5.46 Å². The minimum Gasteiger partial charge on any atom is -0.304 e. The number of aryl methyl sites for hydroxylation is 1. The van der Waals surface area contributed by atoms with Crippen LogP contribution in [-0.2, 0) is 0 Å². The fourth-order valence-electron chi connectivity index (χ4n) is 1.63. The summed E-state index contributed by atoms with van der Waals surface area (Å²) in [6, 6.07) is 7.81. The Labute approximate surface area is 85.0 Å². The van der Waals surface area contributed by atoms with Crippen LogP contribution in [0.2, 0.25) is 0 Å². The molecule has 0 spiro atoms. The zero-order valence-corrected chi connectivity index (χ0v) is 8.36. The van der Waals surface area contributed by atoms with Crippen molar-refractivity contribution in [3.63, 3.8) is 0 Å². The van der Waals surface area contributed by atoms with E-state index in [2.05, 4.69) is 9.55 Å². The third kappa shape index (κ3) is 1.35. The van der Waals surface area contributed by atoms with Gasteiger partial charge < -0.3 is 4.57 Å². The summed E-state index contributed by atoms with van der Waals surface area (Å²) < 4.78 is 2.05. The first-order chi connectivity index (χ1) is 6.70. The van der Waals surface area contributed by atoms with Gasteiger partial charge in [-0.05, 0) is 32.0 Å². The standard InChI is InChI=1S/C11H11BN2/c1-8-7-10(12)9(2)14(8)11-5-3-4-6-13-11/h3-7H,1-2H3. The van der Waals surface area contributed by atoms with Crippen molar-refractivity contribution >= 4 is 13.3 Å². The van der Waals surface area contributed by atoms with Gasteiger partial charge in [0.25, 0.3) is 0 Å². The second kappa shape index (κ2) is 3.33. The number of pyridine rings is 1. The van der Waals surface area contributed by atoms with Gasteiger partial charge in [0.15, 0.2) is 0 Å². The highest BCUT2D eigenvalue weighted by Gasteiger charge is 2.06. The van der Waals surface area contributed by atoms with Gasteiger partial charge in [-0.1, -0.05) is 11.5 Å². The number of hydrogen-bond acceptors (Lipinski definition) is 1. The maximum absolute atomic E-state index is 5.83. The van der Waals surface area contributed by atoms with Crippen molar-refractivity contribution in [1.82, 2.24) is 9.55 Å². The molecule has 0 aliphatic carbocycles. The van der Waals surface area contributed by atoms with Gasteiger partial charge >= 0.3 is 0 Å². The fourth-order valence-corrected chi connectivity index (χ4v) is 1.63. The van der Waals surface area contributed by atoms with Crippen molar-refractivity contribution in [1.29, 1.82) is 0 Å². The van der Waals surface area contributed by atoms with Gasteiger partial charge in [-0.25, -0.2) is 4.98 Å². The lowest BCUT2D eigenvalue weighted by atomic mass is 9.97. The van der Waals surface area contributed by atoms with Crippen LogP contribution in [0, 0.1) is 13.8 Å². The largest absolute Gasteiger partial charge is 0.304 e. The molecule has 0 saturated heterocycles. The molecule has 2 aromatic rings. The van der Waals surface area contributed by atoms with Gasteiger partial charge in [0.05, 0.1) is 0 Å². The van der Waals surface area contributed by atoms with Crippen molar-refractivity contribution in [2.75, 3.05) is 0 Å². The van der Waals surface area contributed by atoms with E-state index in [1.54, 1.807) is 6.20 Å². The Balaban J connectivity index is 2.62. The molecule has 0 saturated carbocycles. The minimum atomic E-state index is 0.813. The average molecular weight is 182 g/mol. The van der Waals surface area contributed by atoms with E-state index >= 15 is 0 Å². The lowest BCUT2D eigenvalue weighted by Gasteiger charge is -2.07. The lowest BCUT2D eigenvalue weighted by molar-refractivity contribution is 0.925. The SMILES string of the molecule is [B]c1cc(C)n(-c2ccccn2)c1C. The number of hydrogen-bond donors (Lipinski definition) is 0. The number of aromatic nitrogens is 2. The molecule has 2 heterocycles. The normalized spacial score (nSPS) is 10.4. The molecular weight excluding hydrogens is 171 g/mol. The number of rotatable bonds is 1. The van der Waals surface area contributed by atoms with Crippen LogP contribution in [0.25, 0.3) is 5.82 Å². The summed E-state index contributed by atoms with van der Waals surface area (Å²) >= 11 is 0. The highest BCUT2D eigenvalue weighted by Crippen LogP contribution is 2.11. The molecule has 3 heteroatoms. The highest BCUT2D eigenvalue weighted by atomic mass is 15.1. The smallest absolute Gasteiger partial charge is 0.136 e. The first kappa shape index (κ1) is 9.07. The van der Waals surface area contributed by atoms with Crippen LogP contribution in [-0.4, -0.2) is 17.4 Å². The molecule has 0 atom stereocenters. The second-order valence-corrected chi connectivity index (χ2v) is 3.35. The molecule has 0 fully saturated rings. The van der Waals surface area contributed by atoms with E-state index in [1.807, 2.05) is 38.1 Å². The topological polar surface area (TPSA) is 17.8 Å². The van der Waals surface area contributed by atoms with Crippen LogP contribution in [0.15, 0.2) is 30.5 Å². The summed E-state index contributed by atoms with van der Waals surface area (Å²) in [7, 11) is 5.83. The number of nitrogens with zero attached hydrogens (tertiary/aromatic N) is 2. The van der Waals surface area contributed by atoms with E-state index in [4.69, 9.17) is 7.85 Å². The molecule has 2 aromatic heterocycles. The molecule has 0 amide bonds. The van der Waals surface area contributed by atoms with E-state index < -0.39 is 0 Å². The third-order valence-corrected chi connectivity index (χ3v) is 2.35. The van der Waals surface area contributed by atoms with Gasteiger partial charge in [0.1, 0.15) is 13.7 Å². The Morgan fingerprint density at radius 3 is 2.57 bits per heavy atom. The molecule has 14 heavy (non-hydrogen) atoms. The fraction of sp³-hybridized carbons (Fsp3) is 0.182. The van der Waals surface area contributed by atoms with Crippen LogP contribution in [0.5, 0.6) is 0 Å². The van der Waals surface area contributed by atoms with Gasteiger partial charge in [-0.2, -0.15) is 0 Å². The highest BCUT2D eigenvalue weighted by molar-refractivity contribution is 6.33. The molecule has 0 N–H and O–H groups in total. The van der Waals surface area contributed by atoms with Gasteiger partial charge in [-0.15, -0.1) is 0 Å². The average Bonchev–Trinajstić information content (AvgIpc) is 2.43. The molecule has 0 aliphatic rings. The molecule has 0 aromatic carbocycles. The van der Waals surface area contributed by atoms with Crippen molar-refractivity contribution in [3.8, 4) is 5.82 Å². The molecule has 2 radical (unpaired) electrons. The minimum absolute atomic E-state index is 0.813. The van der Waals surface area contributed by atoms with E-state index in [1.165, 1.54) is 0 Å². The Morgan fingerprint density at radius 2 is 2.07 bits per heavy atom. The van der Waals surface area contributed by atoms with Crippen LogP contribution in [0.3, 0.4) is 0 Å². The predicted molar refractivity (Wildman–Crippen MR) is 58.4 cm³/mol. The monoisotopic (exact) mass is 182 g/mol. The summed E-state index contributed by atoms with van der Waals surface area (Å²) in [5, 5.41) is 0. The van der Waals surface area contributed by atoms with E-state index in [0.717, 1.165) is 22.7 Å². The maximum Gasteiger partial charge on any atom is 0.136 e. The molecular formula is C11H11BN2. The van der Waals surface area contributed by atoms with E-state index in [0.29, 0.717) is 0 Å². The third-order valence-electron chi connectivity index (χ3n) is 2.35. The van der Waals surface area contributed by atoms with Gasteiger partial charge in [-0.3, -0.25) is 0 Å². The lowest BCUT2D eigenvalue weighted by Crippen LogP contribution is -2.07. The molecule has 0 bridgehead atoms. The molecule has 0 aliphatic heterocycles. The first-order valence-electron chi connectivity index (χ1n) is 4.56. The quantitative estimate of drug-likeness (QED) is 0.607. The summed E-state index contributed by atoms with van der Waals surface area (Å²) in [4.78, 5) is 4.29. The zero-order valence-electron chi connectivity index (χ0n) is 8.36. The molecule has 2 nitrogen and oxygen atoms in total. The van der Waals surface area contributed by atoms with Crippen LogP contribution >= 0.6 is 0 Å². The Bertz CT molecular complexity index is 446. The first-order valence-corrected chi connectivity index (χ1v) is 4.56. The summed E-state index contributed by atoms with van der Waals surface area (Å²) in [6.07, 6.45) is 1.78. The summed E-state index contributed by atoms with van der Waals surface area (Å²) in [5.41, 5.74) is 2.97. The van der Waals surface area contributed by atoms with E-state index in [9.17, 15) is 0 Å². The summed E-state index contributed by atoms with van der Waals surface area (Å²) in [6.45, 7) is 4.02. The van der Waals surface area contributed by atoms with Gasteiger partial charge in [0, 0.05) is 17.6 Å². The van der Waals surface area contributed by atoms with Gasteiger partial charge in [0.2, 0.25) is 0 Å². The Kier molecular flexibility index (Phi) is 2.16. The zero-order chi connectivity index (χ0) is 10.1. The van der Waals surface area contributed by atoms with Crippen molar-refractivity contribution in [3.05, 3.63) is 41.9 Å².